The van der Waals surface area contributed by atoms with Crippen LogP contribution in [0.4, 0.5) is 0 Å². The Morgan fingerprint density at radius 1 is 0.510 bits per heavy atom. The first-order chi connectivity index (χ1) is 23.8. The number of hydrogen-bond donors (Lipinski definition) is 2. The molecule has 0 amide bonds. The number of phosphoric ester groups is 1. The van der Waals surface area contributed by atoms with Crippen molar-refractivity contribution >= 4 is 19.8 Å². The minimum absolute atomic E-state index is 0.203. The van der Waals surface area contributed by atoms with Crippen LogP contribution in [-0.2, 0) is 28.2 Å². The molecule has 0 heterocycles. The summed E-state index contributed by atoms with van der Waals surface area (Å²) in [5, 5.41) is 0. The van der Waals surface area contributed by atoms with Crippen LogP contribution in [0, 0.1) is 0 Å². The highest BCUT2D eigenvalue weighted by molar-refractivity contribution is 7.46. The Bertz CT molecular complexity index is 853. The predicted octanol–water partition coefficient (Wildman–Crippen LogP) is 12.0. The molecule has 9 heteroatoms. The average molecular weight is 715 g/mol. The fraction of sp³-hybridized carbons (Fsp3) is 0.850. The molecule has 0 aliphatic rings. The average Bonchev–Trinajstić information content (AvgIpc) is 3.07. The number of ether oxygens (including phenoxy) is 2. The maximum Gasteiger partial charge on any atom is 0.469 e. The highest BCUT2D eigenvalue weighted by Crippen LogP contribution is 2.36. The summed E-state index contributed by atoms with van der Waals surface area (Å²) in [6.07, 6.45) is 40.4. The first-order valence-electron chi connectivity index (χ1n) is 20.1. The van der Waals surface area contributed by atoms with E-state index in [4.69, 9.17) is 19.3 Å². The Balaban J connectivity index is 3.93. The van der Waals surface area contributed by atoms with Gasteiger partial charge in [0.05, 0.1) is 6.61 Å². The van der Waals surface area contributed by atoms with Gasteiger partial charge in [-0.05, 0) is 64.2 Å². The molecule has 0 aliphatic carbocycles. The Morgan fingerprint density at radius 3 is 1.27 bits per heavy atom. The number of carbonyl (C=O) groups is 2. The highest BCUT2D eigenvalue weighted by Gasteiger charge is 2.22. The lowest BCUT2D eigenvalue weighted by atomic mass is 10.1. The van der Waals surface area contributed by atoms with Crippen molar-refractivity contribution in [2.24, 2.45) is 0 Å². The third-order valence-corrected chi connectivity index (χ3v) is 9.18. The molecule has 0 rings (SSSR count). The zero-order chi connectivity index (χ0) is 36.1. The van der Waals surface area contributed by atoms with Gasteiger partial charge in [0.2, 0.25) is 0 Å². The van der Waals surface area contributed by atoms with E-state index < -0.39 is 32.5 Å². The van der Waals surface area contributed by atoms with Crippen LogP contribution in [0.2, 0.25) is 0 Å². The molecule has 0 aromatic carbocycles. The molecule has 0 radical (unpaired) electrons. The van der Waals surface area contributed by atoms with Gasteiger partial charge in [-0.1, -0.05) is 147 Å². The molecular formula is C40H75O8P. The van der Waals surface area contributed by atoms with Gasteiger partial charge in [0.1, 0.15) is 6.61 Å². The Kier molecular flexibility index (Phi) is 35.2. The van der Waals surface area contributed by atoms with E-state index >= 15 is 0 Å². The van der Waals surface area contributed by atoms with E-state index in [1.165, 1.54) is 116 Å². The molecule has 0 bridgehead atoms. The minimum Gasteiger partial charge on any atom is -0.462 e. The number of phosphoric acid groups is 1. The molecule has 0 saturated carbocycles. The van der Waals surface area contributed by atoms with E-state index in [1.54, 1.807) is 0 Å². The molecule has 0 spiro atoms. The van der Waals surface area contributed by atoms with Crippen molar-refractivity contribution in [1.29, 1.82) is 0 Å². The predicted molar refractivity (Wildman–Crippen MR) is 202 cm³/mol. The van der Waals surface area contributed by atoms with E-state index in [9.17, 15) is 14.2 Å². The second-order valence-electron chi connectivity index (χ2n) is 13.6. The second kappa shape index (κ2) is 36.3. The first-order valence-corrected chi connectivity index (χ1v) is 21.7. The minimum atomic E-state index is -4.75. The lowest BCUT2D eigenvalue weighted by Crippen LogP contribution is -2.29. The lowest BCUT2D eigenvalue weighted by molar-refractivity contribution is -0.161. The molecule has 0 unspecified atom stereocenters. The van der Waals surface area contributed by atoms with Crippen LogP contribution in [0.25, 0.3) is 0 Å². The van der Waals surface area contributed by atoms with E-state index in [2.05, 4.69) is 42.7 Å². The Hall–Kier alpha value is -1.47. The van der Waals surface area contributed by atoms with Gasteiger partial charge in [0, 0.05) is 12.8 Å². The van der Waals surface area contributed by atoms with Crippen molar-refractivity contribution < 1.29 is 37.9 Å². The fourth-order valence-electron chi connectivity index (χ4n) is 5.66. The smallest absolute Gasteiger partial charge is 0.462 e. The first kappa shape index (κ1) is 47.5. The third-order valence-electron chi connectivity index (χ3n) is 8.69. The molecular weight excluding hydrogens is 639 g/mol. The van der Waals surface area contributed by atoms with Crippen molar-refractivity contribution in [3.05, 3.63) is 24.3 Å². The zero-order valence-corrected chi connectivity index (χ0v) is 32.5. The van der Waals surface area contributed by atoms with Crippen LogP contribution < -0.4 is 0 Å². The molecule has 49 heavy (non-hydrogen) atoms. The summed E-state index contributed by atoms with van der Waals surface area (Å²) < 4.78 is 26.3. The van der Waals surface area contributed by atoms with E-state index in [1.807, 2.05) is 0 Å². The fourth-order valence-corrected chi connectivity index (χ4v) is 6.02. The molecule has 2 N–H and O–H groups in total. The van der Waals surface area contributed by atoms with Gasteiger partial charge in [-0.15, -0.1) is 0 Å². The third kappa shape index (κ3) is 39.2. The molecule has 288 valence electrons. The quantitative estimate of drug-likeness (QED) is 0.0282. The monoisotopic (exact) mass is 715 g/mol. The number of rotatable bonds is 37. The lowest BCUT2D eigenvalue weighted by Gasteiger charge is -2.18. The number of hydrogen-bond acceptors (Lipinski definition) is 6. The maximum atomic E-state index is 12.4. The van der Waals surface area contributed by atoms with Gasteiger partial charge in [-0.2, -0.15) is 0 Å². The Morgan fingerprint density at radius 2 is 0.857 bits per heavy atom. The number of esters is 2. The number of unbranched alkanes of at least 4 members (excludes halogenated alkanes) is 23. The topological polar surface area (TPSA) is 119 Å². The summed E-state index contributed by atoms with van der Waals surface area (Å²) in [4.78, 5) is 42.8. The molecule has 0 saturated heterocycles. The maximum absolute atomic E-state index is 12.4. The van der Waals surface area contributed by atoms with E-state index in [0.717, 1.165) is 51.4 Å². The van der Waals surface area contributed by atoms with Gasteiger partial charge in [0.25, 0.3) is 0 Å². The van der Waals surface area contributed by atoms with Crippen molar-refractivity contribution in [3.63, 3.8) is 0 Å². The zero-order valence-electron chi connectivity index (χ0n) is 31.6. The van der Waals surface area contributed by atoms with Crippen molar-refractivity contribution in [3.8, 4) is 0 Å². The summed E-state index contributed by atoms with van der Waals surface area (Å²) in [5.41, 5.74) is 0. The van der Waals surface area contributed by atoms with Crippen LogP contribution in [0.15, 0.2) is 24.3 Å². The highest BCUT2D eigenvalue weighted by atomic mass is 31.2. The summed E-state index contributed by atoms with van der Waals surface area (Å²) in [5.74, 6) is -0.892. The number of carbonyl (C=O) groups excluding carboxylic acids is 2. The van der Waals surface area contributed by atoms with Crippen LogP contribution in [0.3, 0.4) is 0 Å². The molecule has 0 aromatic rings. The van der Waals surface area contributed by atoms with Crippen LogP contribution in [0.1, 0.15) is 200 Å². The van der Waals surface area contributed by atoms with Gasteiger partial charge in [0.15, 0.2) is 6.10 Å². The van der Waals surface area contributed by atoms with Crippen molar-refractivity contribution in [2.45, 2.75) is 206 Å². The molecule has 8 nitrogen and oxygen atoms in total. The molecule has 1 atom stereocenters. The SMILES string of the molecule is CCCCCC/C=C/CCCCCCCCCCCC(=O)OC[C@H](COP(=O)(O)O)OC(=O)CCCCCCC/C=C/CCCCCCC. The van der Waals surface area contributed by atoms with Crippen LogP contribution in [0.5, 0.6) is 0 Å². The summed E-state index contributed by atoms with van der Waals surface area (Å²) in [7, 11) is -4.75. The number of allylic oxidation sites excluding steroid dienone is 4. The van der Waals surface area contributed by atoms with Gasteiger partial charge in [-0.3, -0.25) is 14.1 Å². The van der Waals surface area contributed by atoms with Gasteiger partial charge in [-0.25, -0.2) is 4.57 Å². The van der Waals surface area contributed by atoms with Crippen molar-refractivity contribution in [1.82, 2.24) is 0 Å². The summed E-state index contributed by atoms with van der Waals surface area (Å²) >= 11 is 0. The Labute approximate surface area is 300 Å². The standard InChI is InChI=1S/C40H75O8P/c1-3-5-7-9-11-13-15-17-19-20-21-23-24-26-28-30-32-34-39(41)46-36-38(37-47-49(43,44)45)48-40(42)35-33-31-29-27-25-22-18-16-14-12-10-8-6-4-2/h13,15-16,18,38H,3-12,14,17,19-37H2,1-2H3,(H2,43,44,45)/b15-13+,18-16+/t38-/m1/s1. The van der Waals surface area contributed by atoms with E-state index in [-0.39, 0.29) is 19.4 Å². The molecule has 0 aromatic heterocycles. The van der Waals surface area contributed by atoms with Crippen molar-refractivity contribution in [2.75, 3.05) is 13.2 Å². The van der Waals surface area contributed by atoms with Crippen LogP contribution >= 0.6 is 7.82 Å². The normalized spacial score (nSPS) is 12.7. The van der Waals surface area contributed by atoms with Gasteiger partial charge < -0.3 is 19.3 Å². The van der Waals surface area contributed by atoms with Crippen LogP contribution in [-0.4, -0.2) is 41.0 Å². The summed E-state index contributed by atoms with van der Waals surface area (Å²) in [6, 6.07) is 0. The summed E-state index contributed by atoms with van der Waals surface area (Å²) in [6.45, 7) is 3.66. The van der Waals surface area contributed by atoms with Gasteiger partial charge >= 0.3 is 19.8 Å². The van der Waals surface area contributed by atoms with E-state index in [0.29, 0.717) is 6.42 Å². The largest absolute Gasteiger partial charge is 0.469 e. The second-order valence-corrected chi connectivity index (χ2v) is 14.8. The molecule has 0 aliphatic heterocycles. The molecule has 0 fully saturated rings.